The Morgan fingerprint density at radius 3 is 2.88 bits per heavy atom. The van der Waals surface area contributed by atoms with E-state index >= 15 is 0 Å². The van der Waals surface area contributed by atoms with E-state index in [4.69, 9.17) is 10.5 Å². The van der Waals surface area contributed by atoms with Crippen molar-refractivity contribution in [2.24, 2.45) is 12.8 Å². The van der Waals surface area contributed by atoms with Crippen LogP contribution >= 0.6 is 0 Å². The fourth-order valence-electron chi connectivity index (χ4n) is 1.56. The van der Waals surface area contributed by atoms with Gasteiger partial charge in [0.15, 0.2) is 11.6 Å². The summed E-state index contributed by atoms with van der Waals surface area (Å²) in [5, 5.41) is 4.15. The van der Waals surface area contributed by atoms with Gasteiger partial charge < -0.3 is 10.5 Å². The van der Waals surface area contributed by atoms with E-state index in [1.165, 1.54) is 6.07 Å². The Hall–Kier alpha value is -1.88. The number of para-hydroxylation sites is 1. The third-order valence-electron chi connectivity index (χ3n) is 2.40. The molecule has 0 spiro atoms. The number of hydrogen-bond donors (Lipinski definition) is 1. The van der Waals surface area contributed by atoms with Crippen LogP contribution < -0.4 is 10.5 Å². The fourth-order valence-corrected chi connectivity index (χ4v) is 1.56. The van der Waals surface area contributed by atoms with Gasteiger partial charge in [0, 0.05) is 25.4 Å². The van der Waals surface area contributed by atoms with Crippen molar-refractivity contribution in [1.29, 1.82) is 0 Å². The van der Waals surface area contributed by atoms with E-state index in [0.717, 1.165) is 5.69 Å². The Balaban J connectivity index is 2.13. The van der Waals surface area contributed by atoms with Crippen LogP contribution in [0.3, 0.4) is 0 Å². The summed E-state index contributed by atoms with van der Waals surface area (Å²) in [5.41, 5.74) is 6.93. The molecule has 90 valence electrons. The van der Waals surface area contributed by atoms with Gasteiger partial charge in [0.2, 0.25) is 0 Å². The molecule has 0 fully saturated rings. The van der Waals surface area contributed by atoms with Crippen LogP contribution in [0, 0.1) is 5.82 Å². The van der Waals surface area contributed by atoms with E-state index in [2.05, 4.69) is 5.10 Å². The lowest BCUT2D eigenvalue weighted by Crippen LogP contribution is -2.05. The second-order valence-corrected chi connectivity index (χ2v) is 3.70. The average Bonchev–Trinajstić information content (AvgIpc) is 2.73. The highest BCUT2D eigenvalue weighted by Gasteiger charge is 2.09. The van der Waals surface area contributed by atoms with Gasteiger partial charge in [-0.3, -0.25) is 4.68 Å². The van der Waals surface area contributed by atoms with Crippen LogP contribution in [0.15, 0.2) is 30.5 Å². The summed E-state index contributed by atoms with van der Waals surface area (Å²) >= 11 is 0. The Labute approximate surface area is 98.8 Å². The largest absolute Gasteiger partial charge is 0.484 e. The highest BCUT2D eigenvalue weighted by atomic mass is 19.1. The van der Waals surface area contributed by atoms with Gasteiger partial charge in [-0.1, -0.05) is 12.1 Å². The molecule has 0 bridgehead atoms. The maximum Gasteiger partial charge on any atom is 0.165 e. The van der Waals surface area contributed by atoms with Crippen LogP contribution in [0.2, 0.25) is 0 Å². The molecule has 1 heterocycles. The minimum absolute atomic E-state index is 0.209. The molecule has 17 heavy (non-hydrogen) atoms. The average molecular weight is 235 g/mol. The maximum absolute atomic E-state index is 13.5. The monoisotopic (exact) mass is 235 g/mol. The predicted octanol–water partition coefficient (Wildman–Crippen LogP) is 1.60. The molecule has 2 aromatic rings. The van der Waals surface area contributed by atoms with E-state index < -0.39 is 5.82 Å². The molecule has 5 heteroatoms. The molecule has 0 aliphatic heterocycles. The maximum atomic E-state index is 13.5. The zero-order valence-corrected chi connectivity index (χ0v) is 9.56. The summed E-state index contributed by atoms with van der Waals surface area (Å²) in [6.07, 6.45) is 1.81. The summed E-state index contributed by atoms with van der Waals surface area (Å²) < 4.78 is 20.6. The molecule has 0 amide bonds. The lowest BCUT2D eigenvalue weighted by atomic mass is 10.2. The first-order chi connectivity index (χ1) is 8.20. The zero-order valence-electron chi connectivity index (χ0n) is 9.56. The normalized spacial score (nSPS) is 10.5. The first-order valence-electron chi connectivity index (χ1n) is 5.29. The van der Waals surface area contributed by atoms with Gasteiger partial charge in [0.1, 0.15) is 6.61 Å². The van der Waals surface area contributed by atoms with Crippen LogP contribution in [0.1, 0.15) is 11.3 Å². The SMILES string of the molecule is Cn1ccc(COc2c(F)cccc2CN)n1. The van der Waals surface area contributed by atoms with Crippen molar-refractivity contribution in [3.05, 3.63) is 47.5 Å². The minimum atomic E-state index is -0.399. The molecule has 0 saturated heterocycles. The predicted molar refractivity (Wildman–Crippen MR) is 61.8 cm³/mol. The van der Waals surface area contributed by atoms with E-state index in [1.807, 2.05) is 19.3 Å². The van der Waals surface area contributed by atoms with E-state index in [9.17, 15) is 4.39 Å². The van der Waals surface area contributed by atoms with Crippen LogP contribution in [0.4, 0.5) is 4.39 Å². The van der Waals surface area contributed by atoms with Crippen molar-refractivity contribution in [1.82, 2.24) is 9.78 Å². The standard InChI is InChI=1S/C12H14FN3O/c1-16-6-5-10(15-16)8-17-12-9(7-14)3-2-4-11(12)13/h2-6H,7-8,14H2,1H3. The lowest BCUT2D eigenvalue weighted by molar-refractivity contribution is 0.281. The van der Waals surface area contributed by atoms with Gasteiger partial charge in [-0.05, 0) is 12.1 Å². The molecule has 0 atom stereocenters. The Bertz CT molecular complexity index is 510. The van der Waals surface area contributed by atoms with Gasteiger partial charge in [-0.15, -0.1) is 0 Å². The van der Waals surface area contributed by atoms with Gasteiger partial charge in [-0.2, -0.15) is 5.10 Å². The molecule has 4 nitrogen and oxygen atoms in total. The van der Waals surface area contributed by atoms with E-state index in [0.29, 0.717) is 5.56 Å². The van der Waals surface area contributed by atoms with Gasteiger partial charge in [-0.25, -0.2) is 4.39 Å². The number of benzene rings is 1. The van der Waals surface area contributed by atoms with E-state index in [-0.39, 0.29) is 18.9 Å². The van der Waals surface area contributed by atoms with Crippen LogP contribution in [-0.4, -0.2) is 9.78 Å². The third-order valence-corrected chi connectivity index (χ3v) is 2.40. The highest BCUT2D eigenvalue weighted by Crippen LogP contribution is 2.23. The van der Waals surface area contributed by atoms with Crippen molar-refractivity contribution in [3.63, 3.8) is 0 Å². The molecular formula is C12H14FN3O. The Morgan fingerprint density at radius 1 is 1.41 bits per heavy atom. The van der Waals surface area contributed by atoms with Crippen molar-refractivity contribution < 1.29 is 9.13 Å². The fraction of sp³-hybridized carbons (Fsp3) is 0.250. The summed E-state index contributed by atoms with van der Waals surface area (Å²) in [7, 11) is 1.82. The zero-order chi connectivity index (χ0) is 12.3. The Morgan fingerprint density at radius 2 is 2.24 bits per heavy atom. The molecule has 1 aromatic heterocycles. The summed E-state index contributed by atoms with van der Waals surface area (Å²) in [4.78, 5) is 0. The number of aromatic nitrogens is 2. The summed E-state index contributed by atoms with van der Waals surface area (Å²) in [6, 6.07) is 6.54. The molecule has 0 saturated carbocycles. The molecule has 1 aromatic carbocycles. The number of nitrogens with two attached hydrogens (primary N) is 1. The first kappa shape index (κ1) is 11.6. The van der Waals surface area contributed by atoms with E-state index in [1.54, 1.807) is 16.8 Å². The number of nitrogens with zero attached hydrogens (tertiary/aromatic N) is 2. The van der Waals surface area contributed by atoms with Crippen molar-refractivity contribution in [2.75, 3.05) is 0 Å². The third kappa shape index (κ3) is 2.62. The quantitative estimate of drug-likeness (QED) is 0.875. The number of hydrogen-bond acceptors (Lipinski definition) is 3. The number of halogens is 1. The van der Waals surface area contributed by atoms with Gasteiger partial charge in [0.25, 0.3) is 0 Å². The number of aryl methyl sites for hydroxylation is 1. The second-order valence-electron chi connectivity index (χ2n) is 3.70. The molecule has 0 unspecified atom stereocenters. The topological polar surface area (TPSA) is 53.1 Å². The van der Waals surface area contributed by atoms with Gasteiger partial charge >= 0.3 is 0 Å². The minimum Gasteiger partial charge on any atom is -0.484 e. The van der Waals surface area contributed by atoms with Crippen LogP contribution in [-0.2, 0) is 20.2 Å². The van der Waals surface area contributed by atoms with Crippen molar-refractivity contribution in [2.45, 2.75) is 13.2 Å². The molecular weight excluding hydrogens is 221 g/mol. The molecule has 2 N–H and O–H groups in total. The molecule has 0 aliphatic carbocycles. The second kappa shape index (κ2) is 4.97. The van der Waals surface area contributed by atoms with Crippen LogP contribution in [0.25, 0.3) is 0 Å². The first-order valence-corrected chi connectivity index (χ1v) is 5.29. The summed E-state index contributed by atoms with van der Waals surface area (Å²) in [6.45, 7) is 0.476. The van der Waals surface area contributed by atoms with Crippen molar-refractivity contribution >= 4 is 0 Å². The van der Waals surface area contributed by atoms with Gasteiger partial charge in [0.05, 0.1) is 5.69 Å². The number of rotatable bonds is 4. The highest BCUT2D eigenvalue weighted by molar-refractivity contribution is 5.34. The van der Waals surface area contributed by atoms with Crippen molar-refractivity contribution in [3.8, 4) is 5.75 Å². The molecule has 0 aliphatic rings. The van der Waals surface area contributed by atoms with Crippen LogP contribution in [0.5, 0.6) is 5.75 Å². The summed E-state index contributed by atoms with van der Waals surface area (Å²) in [5.74, 6) is -0.190. The molecule has 2 rings (SSSR count). The number of ether oxygens (including phenoxy) is 1. The Kier molecular flexibility index (Phi) is 3.39. The lowest BCUT2D eigenvalue weighted by Gasteiger charge is -2.09. The molecule has 0 radical (unpaired) electrons. The smallest absolute Gasteiger partial charge is 0.165 e.